The fraction of sp³-hybridized carbons (Fsp3) is 0.481. The van der Waals surface area contributed by atoms with Crippen molar-refractivity contribution < 1.29 is 14.7 Å². The number of fused-ring (bicyclic) bond motifs is 1. The lowest BCUT2D eigenvalue weighted by Crippen LogP contribution is -2.67. The van der Waals surface area contributed by atoms with E-state index in [1.54, 1.807) is 19.0 Å². The minimum absolute atomic E-state index is 0.00993. The molecule has 4 rings (SSSR count). The summed E-state index contributed by atoms with van der Waals surface area (Å²) >= 11 is 0. The Morgan fingerprint density at radius 3 is 2.42 bits per heavy atom. The van der Waals surface area contributed by atoms with Crippen LogP contribution in [0, 0.1) is 0 Å². The number of carbonyl (C=O) groups excluding carboxylic acids is 2. The molecule has 2 fully saturated rings. The summed E-state index contributed by atoms with van der Waals surface area (Å²) in [4.78, 5) is 30.8. The highest BCUT2D eigenvalue weighted by Crippen LogP contribution is 2.42. The van der Waals surface area contributed by atoms with Gasteiger partial charge in [0, 0.05) is 57.2 Å². The molecule has 6 heteroatoms. The van der Waals surface area contributed by atoms with Crippen molar-refractivity contribution in [2.75, 3.05) is 40.3 Å². The number of aliphatic hydroxyl groups is 1. The van der Waals surface area contributed by atoms with Crippen LogP contribution in [-0.2, 0) is 4.79 Å². The van der Waals surface area contributed by atoms with Gasteiger partial charge in [-0.1, -0.05) is 43.3 Å². The van der Waals surface area contributed by atoms with Gasteiger partial charge in [0.05, 0.1) is 6.61 Å². The zero-order valence-corrected chi connectivity index (χ0v) is 19.9. The van der Waals surface area contributed by atoms with Crippen molar-refractivity contribution in [3.05, 3.63) is 59.7 Å². The molecule has 2 aromatic carbocycles. The number of hydrogen-bond acceptors (Lipinski definition) is 4. The van der Waals surface area contributed by atoms with E-state index in [4.69, 9.17) is 0 Å². The molecule has 176 valence electrons. The maximum absolute atomic E-state index is 12.5. The summed E-state index contributed by atoms with van der Waals surface area (Å²) in [6, 6.07) is 16.5. The predicted molar refractivity (Wildman–Crippen MR) is 130 cm³/mol. The molecule has 0 spiro atoms. The monoisotopic (exact) mass is 449 g/mol. The minimum atomic E-state index is -0.00993. The van der Waals surface area contributed by atoms with E-state index in [1.807, 2.05) is 36.1 Å². The van der Waals surface area contributed by atoms with Gasteiger partial charge in [-0.25, -0.2) is 0 Å². The second-order valence-corrected chi connectivity index (χ2v) is 9.38. The van der Waals surface area contributed by atoms with Crippen molar-refractivity contribution in [3.8, 4) is 11.1 Å². The zero-order chi connectivity index (χ0) is 23.5. The van der Waals surface area contributed by atoms with Crippen molar-refractivity contribution in [2.45, 2.75) is 44.2 Å². The van der Waals surface area contributed by atoms with Gasteiger partial charge in [-0.2, -0.15) is 0 Å². The third kappa shape index (κ3) is 4.68. The minimum Gasteiger partial charge on any atom is -0.395 e. The summed E-state index contributed by atoms with van der Waals surface area (Å²) in [6.45, 7) is 4.58. The molecule has 0 saturated carbocycles. The first-order valence-electron chi connectivity index (χ1n) is 12.0. The maximum atomic E-state index is 12.5. The standard InChI is InChI=1S/C27H35N3O3/c1-4-25(32)29-14-5-6-15-30-23(17-29)26(24(30)18-31)20-12-10-19(11-13-20)21-8-7-9-22(16-21)27(33)28(2)3/h7-13,16,23-24,26,31H,4-6,14-15,17-18H2,1-3H3/t23-,24-,26+/m0/s1. The van der Waals surface area contributed by atoms with Gasteiger partial charge in [-0.3, -0.25) is 14.5 Å². The van der Waals surface area contributed by atoms with Gasteiger partial charge in [-0.05, 0) is 48.2 Å². The molecule has 0 bridgehead atoms. The summed E-state index contributed by atoms with van der Waals surface area (Å²) in [7, 11) is 3.52. The molecule has 0 unspecified atom stereocenters. The predicted octanol–water partition coefficient (Wildman–Crippen LogP) is 3.22. The highest BCUT2D eigenvalue weighted by atomic mass is 16.3. The molecule has 6 nitrogen and oxygen atoms in total. The molecule has 0 radical (unpaired) electrons. The van der Waals surface area contributed by atoms with Gasteiger partial charge in [-0.15, -0.1) is 0 Å². The second-order valence-electron chi connectivity index (χ2n) is 9.38. The van der Waals surface area contributed by atoms with E-state index in [0.29, 0.717) is 12.0 Å². The Hall–Kier alpha value is -2.70. The Bertz CT molecular complexity index is 988. The van der Waals surface area contributed by atoms with E-state index in [2.05, 4.69) is 29.2 Å². The van der Waals surface area contributed by atoms with Crippen molar-refractivity contribution >= 4 is 11.8 Å². The van der Waals surface area contributed by atoms with Gasteiger partial charge >= 0.3 is 0 Å². The van der Waals surface area contributed by atoms with Crippen LogP contribution in [0.1, 0.15) is 48.0 Å². The van der Waals surface area contributed by atoms with Crippen LogP contribution in [0.3, 0.4) is 0 Å². The quantitative estimate of drug-likeness (QED) is 0.761. The van der Waals surface area contributed by atoms with E-state index in [1.165, 1.54) is 5.56 Å². The second kappa shape index (κ2) is 10.1. The van der Waals surface area contributed by atoms with Crippen LogP contribution >= 0.6 is 0 Å². The normalized spacial score (nSPS) is 23.2. The molecule has 3 atom stereocenters. The molecule has 33 heavy (non-hydrogen) atoms. The third-order valence-electron chi connectivity index (χ3n) is 7.17. The van der Waals surface area contributed by atoms with Gasteiger partial charge in [0.2, 0.25) is 5.91 Å². The first-order chi connectivity index (χ1) is 15.9. The molecule has 2 heterocycles. The van der Waals surface area contributed by atoms with Crippen molar-refractivity contribution in [3.63, 3.8) is 0 Å². The average Bonchev–Trinajstić information content (AvgIpc) is 2.82. The highest BCUT2D eigenvalue weighted by molar-refractivity contribution is 5.95. The SMILES string of the molecule is CCC(=O)N1CCCCN2[C@@H](CO)[C@H](c3ccc(-c4cccc(C(=O)N(C)C)c4)cc3)[C@@H]2C1. The topological polar surface area (TPSA) is 64.1 Å². The molecule has 2 aromatic rings. The van der Waals surface area contributed by atoms with Crippen molar-refractivity contribution in [1.29, 1.82) is 0 Å². The Morgan fingerprint density at radius 2 is 1.76 bits per heavy atom. The summed E-state index contributed by atoms with van der Waals surface area (Å²) in [5, 5.41) is 10.1. The van der Waals surface area contributed by atoms with E-state index in [9.17, 15) is 14.7 Å². The molecule has 0 aliphatic carbocycles. The van der Waals surface area contributed by atoms with E-state index in [-0.39, 0.29) is 36.4 Å². The van der Waals surface area contributed by atoms with Crippen LogP contribution in [0.25, 0.3) is 11.1 Å². The molecule has 2 saturated heterocycles. The van der Waals surface area contributed by atoms with Gasteiger partial charge < -0.3 is 14.9 Å². The lowest BCUT2D eigenvalue weighted by molar-refractivity contribution is -0.136. The molecular weight excluding hydrogens is 414 g/mol. The number of carbonyl (C=O) groups is 2. The largest absolute Gasteiger partial charge is 0.395 e. The first kappa shape index (κ1) is 23.5. The van der Waals surface area contributed by atoms with Crippen LogP contribution < -0.4 is 0 Å². The number of nitrogens with zero attached hydrogens (tertiary/aromatic N) is 3. The lowest BCUT2D eigenvalue weighted by Gasteiger charge is -2.57. The number of benzene rings is 2. The number of hydrogen-bond donors (Lipinski definition) is 1. The third-order valence-corrected chi connectivity index (χ3v) is 7.17. The Labute approximate surface area is 196 Å². The van der Waals surface area contributed by atoms with Crippen LogP contribution in [-0.4, -0.2) is 84.0 Å². The summed E-state index contributed by atoms with van der Waals surface area (Å²) in [6.07, 6.45) is 2.60. The van der Waals surface area contributed by atoms with E-state index < -0.39 is 0 Å². The van der Waals surface area contributed by atoms with Crippen molar-refractivity contribution in [2.24, 2.45) is 0 Å². The first-order valence-corrected chi connectivity index (χ1v) is 12.0. The smallest absolute Gasteiger partial charge is 0.253 e. The van der Waals surface area contributed by atoms with Gasteiger partial charge in [0.25, 0.3) is 5.91 Å². The van der Waals surface area contributed by atoms with Gasteiger partial charge in [0.15, 0.2) is 0 Å². The number of rotatable bonds is 5. The zero-order valence-electron chi connectivity index (χ0n) is 19.9. The highest BCUT2D eigenvalue weighted by Gasteiger charge is 2.49. The van der Waals surface area contributed by atoms with Gasteiger partial charge in [0.1, 0.15) is 0 Å². The fourth-order valence-corrected chi connectivity index (χ4v) is 5.38. The Morgan fingerprint density at radius 1 is 1.03 bits per heavy atom. The van der Waals surface area contributed by atoms with Crippen LogP contribution in [0.5, 0.6) is 0 Å². The Kier molecular flexibility index (Phi) is 7.15. The summed E-state index contributed by atoms with van der Waals surface area (Å²) in [5.74, 6) is 0.408. The Balaban J connectivity index is 1.57. The van der Waals surface area contributed by atoms with E-state index in [0.717, 1.165) is 43.6 Å². The van der Waals surface area contributed by atoms with E-state index >= 15 is 0 Å². The number of aliphatic hydroxyl groups excluding tert-OH is 1. The molecule has 1 N–H and O–H groups in total. The van der Waals surface area contributed by atoms with Crippen LogP contribution in [0.2, 0.25) is 0 Å². The summed E-state index contributed by atoms with van der Waals surface area (Å²) in [5.41, 5.74) is 3.94. The summed E-state index contributed by atoms with van der Waals surface area (Å²) < 4.78 is 0. The molecule has 0 aromatic heterocycles. The average molecular weight is 450 g/mol. The molecule has 2 aliphatic rings. The van der Waals surface area contributed by atoms with Crippen LogP contribution in [0.15, 0.2) is 48.5 Å². The molecule has 2 aliphatic heterocycles. The molecule has 2 amide bonds. The fourth-order valence-electron chi connectivity index (χ4n) is 5.38. The van der Waals surface area contributed by atoms with Crippen LogP contribution in [0.4, 0.5) is 0 Å². The lowest BCUT2D eigenvalue weighted by atomic mass is 9.74. The number of amides is 2. The van der Waals surface area contributed by atoms with Crippen molar-refractivity contribution in [1.82, 2.24) is 14.7 Å². The maximum Gasteiger partial charge on any atom is 0.253 e. The molecular formula is C27H35N3O3.